The summed E-state index contributed by atoms with van der Waals surface area (Å²) in [5, 5.41) is 9.14. The van der Waals surface area contributed by atoms with Gasteiger partial charge < -0.3 is 20.5 Å². The Morgan fingerprint density at radius 1 is 1.26 bits per heavy atom. The number of hydrogen-bond acceptors (Lipinski definition) is 5. The number of ether oxygens (including phenoxy) is 2. The Balaban J connectivity index is 3.10. The molecule has 7 nitrogen and oxygen atoms in total. The smallest absolute Gasteiger partial charge is 0.269 e. The summed E-state index contributed by atoms with van der Waals surface area (Å²) in [6.45, 7) is 6.73. The molecule has 0 atom stereocenters. The van der Waals surface area contributed by atoms with Gasteiger partial charge in [0.2, 0.25) is 5.91 Å². The molecule has 0 saturated carbocycles. The van der Waals surface area contributed by atoms with E-state index >= 15 is 0 Å². The molecule has 0 spiro atoms. The van der Waals surface area contributed by atoms with Crippen LogP contribution in [0.25, 0.3) is 0 Å². The predicted octanol–water partition coefficient (Wildman–Crippen LogP) is 1.71. The summed E-state index contributed by atoms with van der Waals surface area (Å²) in [4.78, 5) is 23.4. The lowest BCUT2D eigenvalue weighted by Gasteiger charge is -2.25. The molecular weight excluding hydrogens is 318 g/mol. The summed E-state index contributed by atoms with van der Waals surface area (Å²) < 4.78 is 11.2. The van der Waals surface area contributed by atoms with Gasteiger partial charge in [0.1, 0.15) is 11.5 Å². The van der Waals surface area contributed by atoms with Gasteiger partial charge in [0.05, 0.1) is 6.10 Å². The van der Waals surface area contributed by atoms with Crippen molar-refractivity contribution in [2.24, 2.45) is 5.73 Å². The lowest BCUT2D eigenvalue weighted by molar-refractivity contribution is -0.132. The Morgan fingerprint density at radius 2 is 1.83 bits per heavy atom. The van der Waals surface area contributed by atoms with Gasteiger partial charge in [-0.15, -0.1) is 12.6 Å². The maximum atomic E-state index is 12.0. The third-order valence-electron chi connectivity index (χ3n) is 2.69. The number of nitrogens with two attached hydrogens (primary N) is 1. The van der Waals surface area contributed by atoms with Gasteiger partial charge in [-0.05, 0) is 39.8 Å². The van der Waals surface area contributed by atoms with E-state index in [1.165, 1.54) is 26.0 Å². The molecular formula is C15H21N3O4S. The van der Waals surface area contributed by atoms with Gasteiger partial charge in [-0.25, -0.2) is 0 Å². The second-order valence-corrected chi connectivity index (χ2v) is 6.09. The van der Waals surface area contributed by atoms with Crippen LogP contribution >= 0.6 is 12.6 Å². The molecule has 0 aliphatic rings. The summed E-state index contributed by atoms with van der Waals surface area (Å²) in [7, 11) is 0. The maximum absolute atomic E-state index is 12.0. The second kappa shape index (κ2) is 7.36. The van der Waals surface area contributed by atoms with E-state index in [4.69, 9.17) is 20.6 Å². The highest BCUT2D eigenvalue weighted by atomic mass is 32.1. The van der Waals surface area contributed by atoms with Gasteiger partial charge in [0.15, 0.2) is 10.8 Å². The molecule has 1 rings (SSSR count). The molecule has 0 heterocycles. The Bertz CT molecular complexity index is 629. The van der Waals surface area contributed by atoms with Crippen molar-refractivity contribution in [3.8, 4) is 11.5 Å². The first kappa shape index (κ1) is 18.8. The number of rotatable bonds is 6. The van der Waals surface area contributed by atoms with Gasteiger partial charge in [-0.1, -0.05) is 0 Å². The highest BCUT2D eigenvalue weighted by Gasteiger charge is 2.30. The van der Waals surface area contributed by atoms with E-state index in [9.17, 15) is 9.59 Å². The van der Waals surface area contributed by atoms with Crippen LogP contribution in [0, 0.1) is 5.41 Å². The van der Waals surface area contributed by atoms with Gasteiger partial charge in [-0.2, -0.15) is 0 Å². The second-order valence-electron chi connectivity index (χ2n) is 5.64. The van der Waals surface area contributed by atoms with E-state index in [1.54, 1.807) is 6.07 Å². The van der Waals surface area contributed by atoms with Crippen molar-refractivity contribution in [2.75, 3.05) is 0 Å². The van der Waals surface area contributed by atoms with Gasteiger partial charge >= 0.3 is 0 Å². The zero-order valence-electron chi connectivity index (χ0n) is 13.5. The van der Waals surface area contributed by atoms with Crippen molar-refractivity contribution in [2.45, 2.75) is 39.4 Å². The van der Waals surface area contributed by atoms with Crippen molar-refractivity contribution in [3.05, 3.63) is 23.8 Å². The normalized spacial score (nSPS) is 11.0. The molecule has 126 valence electrons. The molecule has 0 bridgehead atoms. The monoisotopic (exact) mass is 339 g/mol. The average Bonchev–Trinajstić information content (AvgIpc) is 2.35. The molecule has 0 aromatic heterocycles. The number of primary amides is 1. The van der Waals surface area contributed by atoms with Crippen LogP contribution in [0.4, 0.5) is 0 Å². The van der Waals surface area contributed by atoms with Crippen LogP contribution in [0.1, 0.15) is 38.1 Å². The number of carbonyl (C=O) groups excluding carboxylic acids is 2. The molecule has 0 fully saturated rings. The van der Waals surface area contributed by atoms with Crippen molar-refractivity contribution in [3.63, 3.8) is 0 Å². The minimum atomic E-state index is -1.29. The minimum Gasteiger partial charge on any atom is -0.491 e. The van der Waals surface area contributed by atoms with Crippen molar-refractivity contribution >= 4 is 29.6 Å². The van der Waals surface area contributed by atoms with Gasteiger partial charge in [0.25, 0.3) is 5.91 Å². The van der Waals surface area contributed by atoms with Crippen LogP contribution in [0.15, 0.2) is 18.2 Å². The van der Waals surface area contributed by atoms with Crippen molar-refractivity contribution in [1.82, 2.24) is 5.32 Å². The topological polar surface area (TPSA) is 114 Å². The molecule has 0 aliphatic heterocycles. The Labute approximate surface area is 140 Å². The molecule has 4 N–H and O–H groups in total. The number of amidine groups is 1. The Hall–Kier alpha value is -2.22. The Kier molecular flexibility index (Phi) is 6.03. The SMILES string of the molecule is CC(C)Oc1cc(OC(C)(C)C(=O)NC(=N)S)cc(C(N)=O)c1. The zero-order chi connectivity index (χ0) is 17.8. The summed E-state index contributed by atoms with van der Waals surface area (Å²) >= 11 is 3.71. The van der Waals surface area contributed by atoms with Crippen LogP contribution in [0.5, 0.6) is 11.5 Å². The first-order valence-corrected chi connectivity index (χ1v) is 7.35. The number of thiol groups is 1. The molecule has 8 heteroatoms. The van der Waals surface area contributed by atoms with E-state index < -0.39 is 17.4 Å². The Morgan fingerprint density at radius 3 is 2.30 bits per heavy atom. The van der Waals surface area contributed by atoms with Crippen molar-refractivity contribution in [1.29, 1.82) is 5.41 Å². The summed E-state index contributed by atoms with van der Waals surface area (Å²) in [6, 6.07) is 4.50. The van der Waals surface area contributed by atoms with Crippen LogP contribution in [-0.4, -0.2) is 28.7 Å². The quantitative estimate of drug-likeness (QED) is 0.359. The summed E-state index contributed by atoms with van der Waals surface area (Å²) in [6.07, 6.45) is -0.105. The van der Waals surface area contributed by atoms with Crippen LogP contribution in [-0.2, 0) is 4.79 Å². The van der Waals surface area contributed by atoms with Gasteiger partial charge in [0, 0.05) is 11.6 Å². The number of amides is 2. The fraction of sp³-hybridized carbons (Fsp3) is 0.400. The summed E-state index contributed by atoms with van der Waals surface area (Å²) in [5.74, 6) is -0.524. The highest BCUT2D eigenvalue weighted by molar-refractivity contribution is 7.96. The number of benzene rings is 1. The minimum absolute atomic E-state index is 0.105. The summed E-state index contributed by atoms with van der Waals surface area (Å²) in [5.41, 5.74) is 4.22. The van der Waals surface area contributed by atoms with Crippen LogP contribution < -0.4 is 20.5 Å². The molecule has 1 aromatic carbocycles. The fourth-order valence-electron chi connectivity index (χ4n) is 1.71. The first-order valence-electron chi connectivity index (χ1n) is 6.91. The molecule has 0 aliphatic carbocycles. The van der Waals surface area contributed by atoms with Crippen molar-refractivity contribution < 1.29 is 19.1 Å². The van der Waals surface area contributed by atoms with E-state index in [1.807, 2.05) is 13.8 Å². The standard InChI is InChI=1S/C15H21N3O4S/c1-8(2)21-10-5-9(12(16)19)6-11(7-10)22-15(3,4)13(20)18-14(17)23/h5-8H,1-4H3,(H2,16,19)(H3,17,18,20,23). The van der Waals surface area contributed by atoms with Crippen LogP contribution in [0.2, 0.25) is 0 Å². The number of nitrogens with one attached hydrogen (secondary N) is 2. The highest BCUT2D eigenvalue weighted by Crippen LogP contribution is 2.27. The fourth-order valence-corrected chi connectivity index (χ4v) is 1.81. The first-order chi connectivity index (χ1) is 10.5. The third kappa shape index (κ3) is 5.82. The number of carbonyl (C=O) groups is 2. The predicted molar refractivity (Wildman–Crippen MR) is 90.3 cm³/mol. The van der Waals surface area contributed by atoms with E-state index in [0.29, 0.717) is 5.75 Å². The molecule has 0 saturated heterocycles. The van der Waals surface area contributed by atoms with Crippen LogP contribution in [0.3, 0.4) is 0 Å². The molecule has 1 aromatic rings. The average molecular weight is 339 g/mol. The largest absolute Gasteiger partial charge is 0.491 e. The lowest BCUT2D eigenvalue weighted by Crippen LogP contribution is -2.47. The molecule has 0 radical (unpaired) electrons. The lowest BCUT2D eigenvalue weighted by atomic mass is 10.1. The molecule has 0 unspecified atom stereocenters. The van der Waals surface area contributed by atoms with E-state index in [2.05, 4.69) is 17.9 Å². The zero-order valence-corrected chi connectivity index (χ0v) is 14.4. The third-order valence-corrected chi connectivity index (χ3v) is 2.80. The maximum Gasteiger partial charge on any atom is 0.269 e. The number of hydrogen-bond donors (Lipinski definition) is 4. The molecule has 2 amide bonds. The molecule has 23 heavy (non-hydrogen) atoms. The van der Waals surface area contributed by atoms with Gasteiger partial charge in [-0.3, -0.25) is 15.0 Å². The van der Waals surface area contributed by atoms with E-state index in [0.717, 1.165) is 0 Å². The van der Waals surface area contributed by atoms with E-state index in [-0.39, 0.29) is 22.6 Å².